The minimum atomic E-state index is -0.252. The highest BCUT2D eigenvalue weighted by atomic mass is 16.1. The summed E-state index contributed by atoms with van der Waals surface area (Å²) in [7, 11) is 0. The Morgan fingerprint density at radius 1 is 0.912 bits per heavy atom. The number of hydrogen-bond donors (Lipinski definition) is 3. The van der Waals surface area contributed by atoms with Gasteiger partial charge in [-0.2, -0.15) is 0 Å². The van der Waals surface area contributed by atoms with Gasteiger partial charge in [0.1, 0.15) is 17.8 Å². The van der Waals surface area contributed by atoms with Gasteiger partial charge >= 0.3 is 0 Å². The maximum absolute atomic E-state index is 11.7. The van der Waals surface area contributed by atoms with Crippen LogP contribution in [0.15, 0.2) is 104 Å². The molecule has 5 aromatic rings. The van der Waals surface area contributed by atoms with E-state index in [4.69, 9.17) is 0 Å². The summed E-state index contributed by atoms with van der Waals surface area (Å²) < 4.78 is 0. The van der Waals surface area contributed by atoms with Gasteiger partial charge in [0.15, 0.2) is 0 Å². The summed E-state index contributed by atoms with van der Waals surface area (Å²) in [4.78, 5) is 23.8. The minimum Gasteiger partial charge on any atom is -0.345 e. The number of aromatic amines is 1. The summed E-state index contributed by atoms with van der Waals surface area (Å²) in [6.45, 7) is 3.51. The Bertz CT molecular complexity index is 1460. The molecule has 3 aromatic carbocycles. The molecule has 0 aliphatic rings. The molecule has 6 nitrogen and oxygen atoms in total. The lowest BCUT2D eigenvalue weighted by Crippen LogP contribution is -2.06. The van der Waals surface area contributed by atoms with Crippen molar-refractivity contribution in [3.8, 4) is 11.1 Å². The molecule has 0 unspecified atom stereocenters. The van der Waals surface area contributed by atoms with E-state index in [1.54, 1.807) is 0 Å². The van der Waals surface area contributed by atoms with Crippen molar-refractivity contribution >= 4 is 34.1 Å². The normalized spacial score (nSPS) is 10.7. The number of amides is 1. The molecule has 0 aliphatic carbocycles. The molecule has 1 amide bonds. The predicted molar refractivity (Wildman–Crippen MR) is 137 cm³/mol. The second-order valence-electron chi connectivity index (χ2n) is 7.91. The van der Waals surface area contributed by atoms with Crippen molar-refractivity contribution in [2.75, 3.05) is 10.6 Å². The van der Waals surface area contributed by atoms with E-state index < -0.39 is 0 Å². The van der Waals surface area contributed by atoms with Gasteiger partial charge in [-0.05, 0) is 53.5 Å². The average Bonchev–Trinajstić information content (AvgIpc) is 3.31. The van der Waals surface area contributed by atoms with Gasteiger partial charge in [0, 0.05) is 23.1 Å². The molecule has 2 heterocycles. The number of rotatable bonds is 7. The molecule has 0 radical (unpaired) electrons. The number of anilines is 3. The molecule has 0 saturated heterocycles. The lowest BCUT2D eigenvalue weighted by atomic mass is 10.0. The highest BCUT2D eigenvalue weighted by molar-refractivity contribution is 6.03. The number of aromatic nitrogens is 3. The predicted octanol–water partition coefficient (Wildman–Crippen LogP) is 6.08. The van der Waals surface area contributed by atoms with Crippen LogP contribution in [-0.2, 0) is 11.2 Å². The second-order valence-corrected chi connectivity index (χ2v) is 7.91. The molecular formula is C28H23N5O. The van der Waals surface area contributed by atoms with Crippen LogP contribution in [0.5, 0.6) is 0 Å². The van der Waals surface area contributed by atoms with Crippen LogP contribution in [0.2, 0.25) is 0 Å². The van der Waals surface area contributed by atoms with E-state index in [1.165, 1.54) is 23.5 Å². The number of nitrogens with zero attached hydrogens (tertiary/aromatic N) is 2. The van der Waals surface area contributed by atoms with Gasteiger partial charge in [0.2, 0.25) is 5.91 Å². The molecule has 3 N–H and O–H groups in total. The molecule has 0 aliphatic heterocycles. The van der Waals surface area contributed by atoms with Crippen molar-refractivity contribution in [2.45, 2.75) is 6.42 Å². The van der Waals surface area contributed by atoms with Crippen LogP contribution in [0.25, 0.3) is 22.2 Å². The molecule has 166 valence electrons. The zero-order valence-electron chi connectivity index (χ0n) is 18.5. The third-order valence-electron chi connectivity index (χ3n) is 5.56. The molecule has 0 bridgehead atoms. The van der Waals surface area contributed by atoms with Crippen molar-refractivity contribution in [1.82, 2.24) is 15.0 Å². The first-order valence-corrected chi connectivity index (χ1v) is 11.0. The van der Waals surface area contributed by atoms with E-state index in [2.05, 4.69) is 80.7 Å². The van der Waals surface area contributed by atoms with Gasteiger partial charge in [0.25, 0.3) is 0 Å². The Morgan fingerprint density at radius 2 is 1.71 bits per heavy atom. The molecule has 2 aromatic heterocycles. The Balaban J connectivity index is 1.43. The van der Waals surface area contributed by atoms with Crippen LogP contribution in [0.4, 0.5) is 17.2 Å². The van der Waals surface area contributed by atoms with E-state index in [0.717, 1.165) is 34.3 Å². The number of benzene rings is 3. The van der Waals surface area contributed by atoms with E-state index in [1.807, 2.05) is 36.5 Å². The number of carbonyl (C=O) groups is 1. The summed E-state index contributed by atoms with van der Waals surface area (Å²) >= 11 is 0. The molecule has 6 heteroatoms. The number of carbonyl (C=O) groups excluding carboxylic acids is 1. The van der Waals surface area contributed by atoms with E-state index in [9.17, 15) is 4.79 Å². The van der Waals surface area contributed by atoms with Gasteiger partial charge in [-0.1, -0.05) is 61.2 Å². The Kier molecular flexibility index (Phi) is 5.86. The summed E-state index contributed by atoms with van der Waals surface area (Å²) in [5.74, 6) is 0.454. The Labute approximate surface area is 197 Å². The lowest BCUT2D eigenvalue weighted by Gasteiger charge is -2.10. The summed E-state index contributed by atoms with van der Waals surface area (Å²) in [6, 6.07) is 26.4. The third-order valence-corrected chi connectivity index (χ3v) is 5.56. The van der Waals surface area contributed by atoms with Crippen LogP contribution in [0, 0.1) is 0 Å². The minimum absolute atomic E-state index is 0.252. The van der Waals surface area contributed by atoms with Crippen LogP contribution in [-0.4, -0.2) is 20.9 Å². The standard InChI is InChI=1S/C28H23N5O/c1-2-25(34)32-23-10-6-9-21(16-23)24-17-29-27-26(24)28(31-18-30-27)33-22-13-11-20(12-14-22)15-19-7-4-3-5-8-19/h2-14,16-18H,1,15H2,(H,32,34)(H2,29,30,31,33). The maximum atomic E-state index is 11.7. The van der Waals surface area contributed by atoms with E-state index in [-0.39, 0.29) is 5.91 Å². The third kappa shape index (κ3) is 4.56. The van der Waals surface area contributed by atoms with Crippen LogP contribution < -0.4 is 10.6 Å². The Hall–Kier alpha value is -4.71. The fourth-order valence-electron chi connectivity index (χ4n) is 3.92. The SMILES string of the molecule is C=CC(=O)Nc1cccc(-c2c[nH]c3ncnc(Nc4ccc(Cc5ccccc5)cc4)c23)c1. The van der Waals surface area contributed by atoms with Crippen molar-refractivity contribution in [1.29, 1.82) is 0 Å². The van der Waals surface area contributed by atoms with Gasteiger partial charge in [-0.3, -0.25) is 4.79 Å². The Morgan fingerprint density at radius 3 is 2.50 bits per heavy atom. The summed E-state index contributed by atoms with van der Waals surface area (Å²) in [6.07, 6.45) is 5.58. The highest BCUT2D eigenvalue weighted by Crippen LogP contribution is 2.34. The number of H-pyrrole nitrogens is 1. The fourth-order valence-corrected chi connectivity index (χ4v) is 3.92. The summed E-state index contributed by atoms with van der Waals surface area (Å²) in [5.41, 5.74) is 6.76. The second kappa shape index (κ2) is 9.42. The van der Waals surface area contributed by atoms with Gasteiger partial charge in [-0.15, -0.1) is 0 Å². The quantitative estimate of drug-likeness (QED) is 0.265. The molecule has 34 heavy (non-hydrogen) atoms. The molecule has 0 atom stereocenters. The van der Waals surface area contributed by atoms with Crippen LogP contribution in [0.1, 0.15) is 11.1 Å². The lowest BCUT2D eigenvalue weighted by molar-refractivity contribution is -0.111. The highest BCUT2D eigenvalue weighted by Gasteiger charge is 2.14. The number of nitrogens with one attached hydrogen (secondary N) is 3. The molecule has 0 saturated carbocycles. The maximum Gasteiger partial charge on any atom is 0.247 e. The topological polar surface area (TPSA) is 82.7 Å². The van der Waals surface area contributed by atoms with Crippen molar-refractivity contribution in [2.24, 2.45) is 0 Å². The van der Waals surface area contributed by atoms with Crippen molar-refractivity contribution in [3.63, 3.8) is 0 Å². The zero-order valence-corrected chi connectivity index (χ0v) is 18.5. The monoisotopic (exact) mass is 445 g/mol. The largest absolute Gasteiger partial charge is 0.345 e. The van der Waals surface area contributed by atoms with Crippen LogP contribution in [0.3, 0.4) is 0 Å². The smallest absolute Gasteiger partial charge is 0.247 e. The number of fused-ring (bicyclic) bond motifs is 1. The van der Waals surface area contributed by atoms with E-state index in [0.29, 0.717) is 11.5 Å². The average molecular weight is 446 g/mol. The first kappa shape index (κ1) is 21.2. The number of hydrogen-bond acceptors (Lipinski definition) is 4. The first-order chi connectivity index (χ1) is 16.7. The van der Waals surface area contributed by atoms with Gasteiger partial charge in [0.05, 0.1) is 5.39 Å². The summed E-state index contributed by atoms with van der Waals surface area (Å²) in [5, 5.41) is 7.12. The fraction of sp³-hybridized carbons (Fsp3) is 0.0357. The zero-order chi connectivity index (χ0) is 23.3. The van der Waals surface area contributed by atoms with Gasteiger partial charge in [-0.25, -0.2) is 9.97 Å². The van der Waals surface area contributed by atoms with Crippen molar-refractivity contribution < 1.29 is 4.79 Å². The van der Waals surface area contributed by atoms with Crippen LogP contribution >= 0.6 is 0 Å². The van der Waals surface area contributed by atoms with Crippen molar-refractivity contribution in [3.05, 3.63) is 115 Å². The molecule has 0 fully saturated rings. The van der Waals surface area contributed by atoms with E-state index >= 15 is 0 Å². The molecule has 5 rings (SSSR count). The molecule has 0 spiro atoms. The van der Waals surface area contributed by atoms with Gasteiger partial charge < -0.3 is 15.6 Å². The first-order valence-electron chi connectivity index (χ1n) is 11.0. The molecular weight excluding hydrogens is 422 g/mol.